The molecule has 0 saturated heterocycles. The minimum absolute atomic E-state index is 0. The van der Waals surface area contributed by atoms with Crippen LogP contribution in [0.4, 0.5) is 0 Å². The zero-order valence-electron chi connectivity index (χ0n) is 4.13. The molecule has 0 bridgehead atoms. The van der Waals surface area contributed by atoms with Crippen LogP contribution in [0, 0.1) is 0 Å². The van der Waals surface area contributed by atoms with E-state index in [1.54, 1.807) is 0 Å². The summed E-state index contributed by atoms with van der Waals surface area (Å²) in [5.41, 5.74) is 0. The minimum Gasteiger partial charge on any atom is -0.496 e. The topological polar surface area (TPSA) is 110 Å². The molecule has 8 heavy (non-hydrogen) atoms. The van der Waals surface area contributed by atoms with Gasteiger partial charge in [-0.1, -0.05) is 0 Å². The lowest BCUT2D eigenvalue weighted by Gasteiger charge is -1.81. The van der Waals surface area contributed by atoms with Gasteiger partial charge in [0, 0.05) is 0 Å². The van der Waals surface area contributed by atoms with Crippen molar-refractivity contribution >= 4 is 34.5 Å². The van der Waals surface area contributed by atoms with Gasteiger partial charge in [0.15, 0.2) is 0 Å². The lowest BCUT2D eigenvalue weighted by molar-refractivity contribution is 0.530. The van der Waals surface area contributed by atoms with Gasteiger partial charge in [0.1, 0.15) is 0 Å². The molecule has 0 aliphatic heterocycles. The summed E-state index contributed by atoms with van der Waals surface area (Å²) in [6.07, 6.45) is 0. The van der Waals surface area contributed by atoms with Crippen molar-refractivity contribution in [1.82, 2.24) is 12.3 Å². The van der Waals surface area contributed by atoms with E-state index >= 15 is 0 Å². The SMILES string of the molecule is N.N.OC(=S)C(O)=S. The third-order valence-corrected chi connectivity index (χ3v) is 0.699. The Kier molecular flexibility index (Phi) is 13.1. The van der Waals surface area contributed by atoms with E-state index in [1.165, 1.54) is 0 Å². The monoisotopic (exact) mass is 156 g/mol. The molecule has 0 rings (SSSR count). The highest BCUT2D eigenvalue weighted by Crippen LogP contribution is 1.70. The van der Waals surface area contributed by atoms with Crippen molar-refractivity contribution in [1.29, 1.82) is 0 Å². The summed E-state index contributed by atoms with van der Waals surface area (Å²) in [5, 5.41) is 14.7. The molecular weight excluding hydrogens is 148 g/mol. The van der Waals surface area contributed by atoms with Crippen LogP contribution >= 0.6 is 24.4 Å². The molecule has 8 N–H and O–H groups in total. The first-order chi connectivity index (χ1) is 2.64. The minimum atomic E-state index is -0.620. The van der Waals surface area contributed by atoms with Gasteiger partial charge in [0.05, 0.1) is 0 Å². The van der Waals surface area contributed by atoms with E-state index in [0.29, 0.717) is 0 Å². The number of rotatable bonds is 0. The molecule has 0 aromatic rings. The number of aliphatic hydroxyl groups is 2. The van der Waals surface area contributed by atoms with E-state index in [9.17, 15) is 0 Å². The van der Waals surface area contributed by atoms with Crippen molar-refractivity contribution in [2.24, 2.45) is 0 Å². The second-order valence-electron chi connectivity index (χ2n) is 0.610. The summed E-state index contributed by atoms with van der Waals surface area (Å²) in [5.74, 6) is 0. The summed E-state index contributed by atoms with van der Waals surface area (Å²) < 4.78 is 0. The van der Waals surface area contributed by atoms with Gasteiger partial charge in [-0.15, -0.1) is 0 Å². The fraction of sp³-hybridized carbons (Fsp3) is 0. The van der Waals surface area contributed by atoms with Crippen LogP contribution in [-0.4, -0.2) is 20.3 Å². The van der Waals surface area contributed by atoms with Crippen LogP contribution in [0.15, 0.2) is 0 Å². The summed E-state index contributed by atoms with van der Waals surface area (Å²) in [6.45, 7) is 0. The molecule has 4 nitrogen and oxygen atoms in total. The Bertz CT molecular complexity index is 82.0. The first-order valence-corrected chi connectivity index (χ1v) is 1.92. The van der Waals surface area contributed by atoms with Crippen molar-refractivity contribution in [3.05, 3.63) is 0 Å². The smallest absolute Gasteiger partial charge is 0.236 e. The molecule has 50 valence electrons. The molecular formula is C2H8N2O2S2. The van der Waals surface area contributed by atoms with Crippen LogP contribution in [0.2, 0.25) is 0 Å². The molecule has 6 heteroatoms. The maximum atomic E-state index is 7.97. The van der Waals surface area contributed by atoms with Gasteiger partial charge in [-0.2, -0.15) is 0 Å². The van der Waals surface area contributed by atoms with Gasteiger partial charge in [-0.3, -0.25) is 0 Å². The Morgan fingerprint density at radius 3 is 1.00 bits per heavy atom. The van der Waals surface area contributed by atoms with Gasteiger partial charge in [-0.05, 0) is 24.4 Å². The molecule has 0 atom stereocenters. The summed E-state index contributed by atoms with van der Waals surface area (Å²) in [6, 6.07) is 0. The quantitative estimate of drug-likeness (QED) is 0.390. The van der Waals surface area contributed by atoms with Crippen molar-refractivity contribution < 1.29 is 10.2 Å². The summed E-state index contributed by atoms with van der Waals surface area (Å²) in [7, 11) is 0. The Morgan fingerprint density at radius 1 is 0.875 bits per heavy atom. The first-order valence-electron chi connectivity index (χ1n) is 1.11. The van der Waals surface area contributed by atoms with Crippen LogP contribution in [0.5, 0.6) is 0 Å². The van der Waals surface area contributed by atoms with Gasteiger partial charge in [0.25, 0.3) is 0 Å². The molecule has 0 radical (unpaired) electrons. The summed E-state index contributed by atoms with van der Waals surface area (Å²) >= 11 is 7.97. The van der Waals surface area contributed by atoms with E-state index < -0.39 is 10.1 Å². The molecule has 0 amide bonds. The maximum absolute atomic E-state index is 7.97. The standard InChI is InChI=1S/C2H2O2S2.2H3N/c3-1(5)2(4)6;;/h(H,3,5)(H,4,6);2*1H3. The van der Waals surface area contributed by atoms with Gasteiger partial charge in [0.2, 0.25) is 10.1 Å². The van der Waals surface area contributed by atoms with Gasteiger partial charge < -0.3 is 22.5 Å². The van der Waals surface area contributed by atoms with Crippen LogP contribution in [0.1, 0.15) is 0 Å². The molecule has 0 aromatic carbocycles. The van der Waals surface area contributed by atoms with Crippen LogP contribution in [-0.2, 0) is 0 Å². The second-order valence-corrected chi connectivity index (χ2v) is 1.38. The highest BCUT2D eigenvalue weighted by atomic mass is 32.1. The predicted molar refractivity (Wildman–Crippen MR) is 40.5 cm³/mol. The average molecular weight is 156 g/mol. The fourth-order valence-electron chi connectivity index (χ4n) is 0. The molecule has 0 fully saturated rings. The Hall–Kier alpha value is -0.300. The normalized spacial score (nSPS) is 5.50. The third-order valence-electron chi connectivity index (χ3n) is 0.183. The number of thiocarbonyl (C=S) groups is 2. The van der Waals surface area contributed by atoms with E-state index in [4.69, 9.17) is 10.2 Å². The summed E-state index contributed by atoms with van der Waals surface area (Å²) in [4.78, 5) is 0. The van der Waals surface area contributed by atoms with Crippen LogP contribution in [0.3, 0.4) is 0 Å². The Labute approximate surface area is 57.7 Å². The Morgan fingerprint density at radius 2 is 1.00 bits per heavy atom. The maximum Gasteiger partial charge on any atom is 0.236 e. The van der Waals surface area contributed by atoms with Crippen LogP contribution in [0.25, 0.3) is 0 Å². The van der Waals surface area contributed by atoms with Gasteiger partial charge in [-0.25, -0.2) is 0 Å². The molecule has 0 heterocycles. The first kappa shape index (κ1) is 15.6. The van der Waals surface area contributed by atoms with E-state index in [0.717, 1.165) is 0 Å². The predicted octanol–water partition coefficient (Wildman–Crippen LogP) is 1.08. The zero-order valence-corrected chi connectivity index (χ0v) is 5.76. The fourth-order valence-corrected chi connectivity index (χ4v) is 0. The number of aliphatic hydroxyl groups excluding tert-OH is 2. The number of hydrogen-bond acceptors (Lipinski definition) is 4. The highest BCUT2D eigenvalue weighted by molar-refractivity contribution is 7.88. The second kappa shape index (κ2) is 6.70. The molecule has 0 aromatic heterocycles. The lowest BCUT2D eigenvalue weighted by atomic mass is 10.8. The van der Waals surface area contributed by atoms with Gasteiger partial charge >= 0.3 is 0 Å². The Balaban J connectivity index is -0.000000125. The van der Waals surface area contributed by atoms with Crippen molar-refractivity contribution in [3.63, 3.8) is 0 Å². The van der Waals surface area contributed by atoms with Crippen molar-refractivity contribution in [2.45, 2.75) is 0 Å². The van der Waals surface area contributed by atoms with E-state index in [-0.39, 0.29) is 12.3 Å². The van der Waals surface area contributed by atoms with E-state index in [1.807, 2.05) is 0 Å². The largest absolute Gasteiger partial charge is 0.496 e. The molecule has 0 unspecified atom stereocenters. The van der Waals surface area contributed by atoms with Crippen molar-refractivity contribution in [2.75, 3.05) is 0 Å². The van der Waals surface area contributed by atoms with Crippen molar-refractivity contribution in [3.8, 4) is 0 Å². The molecule has 0 saturated carbocycles. The average Bonchev–Trinajstić information content (AvgIpc) is 1.36. The molecule has 0 aliphatic carbocycles. The van der Waals surface area contributed by atoms with E-state index in [2.05, 4.69) is 24.4 Å². The highest BCUT2D eigenvalue weighted by Gasteiger charge is 1.91. The zero-order chi connectivity index (χ0) is 5.15. The number of hydrogen-bond donors (Lipinski definition) is 4. The third kappa shape index (κ3) is 9.20. The lowest BCUT2D eigenvalue weighted by Crippen LogP contribution is -2.04. The molecule has 0 aliphatic rings. The molecule has 0 spiro atoms. The van der Waals surface area contributed by atoms with Crippen LogP contribution < -0.4 is 12.3 Å².